The minimum Gasteiger partial charge on any atom is -0.505 e. The molecule has 0 bridgehead atoms. The van der Waals surface area contributed by atoms with Crippen LogP contribution in [0.25, 0.3) is 0 Å². The number of phenolic OH excluding ortho intramolecular Hbond substituents is 2. The average Bonchev–Trinajstić information content (AvgIpc) is 2.16. The first-order chi connectivity index (χ1) is 7.49. The van der Waals surface area contributed by atoms with Crippen LogP contribution in [0.1, 0.15) is 24.8 Å². The Hall–Kier alpha value is -1.78. The lowest BCUT2D eigenvalue weighted by atomic mass is 9.64. The Balaban J connectivity index is 2.56. The zero-order chi connectivity index (χ0) is 11.9. The molecule has 0 radical (unpaired) electrons. The Labute approximate surface area is 91.0 Å². The Morgan fingerprint density at radius 1 is 1.31 bits per heavy atom. The van der Waals surface area contributed by atoms with Gasteiger partial charge in [0.15, 0.2) is 11.5 Å². The molecule has 0 aliphatic heterocycles. The lowest BCUT2D eigenvalue weighted by molar-refractivity contribution is -0.147. The topological polar surface area (TPSA) is 77.8 Å². The van der Waals surface area contributed by atoms with E-state index in [9.17, 15) is 14.3 Å². The van der Waals surface area contributed by atoms with E-state index in [1.54, 1.807) is 0 Å². The molecule has 1 aliphatic carbocycles. The van der Waals surface area contributed by atoms with Crippen molar-refractivity contribution in [2.75, 3.05) is 0 Å². The highest BCUT2D eigenvalue weighted by molar-refractivity contribution is 5.83. The van der Waals surface area contributed by atoms with E-state index < -0.39 is 28.7 Å². The van der Waals surface area contributed by atoms with Crippen LogP contribution >= 0.6 is 0 Å². The summed E-state index contributed by atoms with van der Waals surface area (Å²) in [7, 11) is 0. The fourth-order valence-corrected chi connectivity index (χ4v) is 2.07. The molecule has 16 heavy (non-hydrogen) atoms. The number of halogens is 1. The molecule has 1 aromatic rings. The summed E-state index contributed by atoms with van der Waals surface area (Å²) >= 11 is 0. The second-order valence-corrected chi connectivity index (χ2v) is 4.04. The molecule has 5 heteroatoms. The second kappa shape index (κ2) is 3.37. The summed E-state index contributed by atoms with van der Waals surface area (Å²) in [4.78, 5) is 11.2. The summed E-state index contributed by atoms with van der Waals surface area (Å²) in [5.41, 5.74) is -1.15. The van der Waals surface area contributed by atoms with Gasteiger partial charge in [-0.2, -0.15) is 4.39 Å². The number of carboxylic acids is 1. The first-order valence-corrected chi connectivity index (χ1v) is 4.93. The van der Waals surface area contributed by atoms with E-state index in [1.165, 1.54) is 6.07 Å². The lowest BCUT2D eigenvalue weighted by Gasteiger charge is -2.38. The number of aliphatic carboxylic acids is 1. The van der Waals surface area contributed by atoms with Crippen LogP contribution in [0.15, 0.2) is 12.1 Å². The number of carboxylic acid groups (broad SMARTS) is 1. The number of hydrogen-bond donors (Lipinski definition) is 3. The van der Waals surface area contributed by atoms with Gasteiger partial charge in [0.05, 0.1) is 5.41 Å². The van der Waals surface area contributed by atoms with E-state index in [0.29, 0.717) is 12.8 Å². The number of phenols is 2. The van der Waals surface area contributed by atoms with Crippen molar-refractivity contribution in [2.24, 2.45) is 0 Å². The SMILES string of the molecule is O=C(O)C1(c2ccc(O)c(F)c2O)CCC1. The van der Waals surface area contributed by atoms with Gasteiger partial charge in [0.25, 0.3) is 0 Å². The summed E-state index contributed by atoms with van der Waals surface area (Å²) in [6.45, 7) is 0. The van der Waals surface area contributed by atoms with Crippen molar-refractivity contribution in [3.8, 4) is 11.5 Å². The normalized spacial score (nSPS) is 17.8. The Morgan fingerprint density at radius 3 is 2.38 bits per heavy atom. The largest absolute Gasteiger partial charge is 0.505 e. The van der Waals surface area contributed by atoms with Crippen LogP contribution < -0.4 is 0 Å². The molecule has 0 atom stereocenters. The van der Waals surface area contributed by atoms with Gasteiger partial charge in [-0.15, -0.1) is 0 Å². The third-order valence-electron chi connectivity index (χ3n) is 3.23. The van der Waals surface area contributed by atoms with Crippen LogP contribution in [0.5, 0.6) is 11.5 Å². The molecule has 0 amide bonds. The van der Waals surface area contributed by atoms with Crippen LogP contribution in [0.2, 0.25) is 0 Å². The number of rotatable bonds is 2. The summed E-state index contributed by atoms with van der Waals surface area (Å²) in [6.07, 6.45) is 1.48. The van der Waals surface area contributed by atoms with E-state index in [0.717, 1.165) is 12.5 Å². The number of carbonyl (C=O) groups is 1. The van der Waals surface area contributed by atoms with Crippen molar-refractivity contribution in [2.45, 2.75) is 24.7 Å². The fourth-order valence-electron chi connectivity index (χ4n) is 2.07. The van der Waals surface area contributed by atoms with Crippen LogP contribution in [0, 0.1) is 5.82 Å². The number of aromatic hydroxyl groups is 2. The van der Waals surface area contributed by atoms with Crippen molar-refractivity contribution in [1.82, 2.24) is 0 Å². The molecule has 3 N–H and O–H groups in total. The van der Waals surface area contributed by atoms with Gasteiger partial charge in [0.1, 0.15) is 0 Å². The summed E-state index contributed by atoms with van der Waals surface area (Å²) < 4.78 is 13.3. The minimum absolute atomic E-state index is 0.0431. The highest BCUT2D eigenvalue weighted by atomic mass is 19.1. The van der Waals surface area contributed by atoms with Gasteiger partial charge in [0, 0.05) is 5.56 Å². The molecule has 1 fully saturated rings. The Morgan fingerprint density at radius 2 is 1.94 bits per heavy atom. The monoisotopic (exact) mass is 226 g/mol. The molecule has 2 rings (SSSR count). The Kier molecular flexibility index (Phi) is 2.26. The quantitative estimate of drug-likeness (QED) is 0.717. The van der Waals surface area contributed by atoms with E-state index in [2.05, 4.69) is 0 Å². The standard InChI is InChI=1S/C11H11FO4/c12-8-7(13)3-2-6(9(8)14)11(10(15)16)4-1-5-11/h2-3,13-14H,1,4-5H2,(H,15,16). The van der Waals surface area contributed by atoms with Gasteiger partial charge in [-0.1, -0.05) is 12.5 Å². The molecule has 1 saturated carbocycles. The summed E-state index contributed by atoms with van der Waals surface area (Å²) in [6, 6.07) is 2.33. The average molecular weight is 226 g/mol. The third-order valence-corrected chi connectivity index (χ3v) is 3.23. The molecule has 1 aliphatic rings. The van der Waals surface area contributed by atoms with Gasteiger partial charge in [-0.05, 0) is 18.9 Å². The van der Waals surface area contributed by atoms with Crippen LogP contribution in [0.4, 0.5) is 4.39 Å². The predicted octanol–water partition coefficient (Wildman–Crippen LogP) is 1.74. The van der Waals surface area contributed by atoms with Crippen molar-refractivity contribution >= 4 is 5.97 Å². The molecular formula is C11H11FO4. The molecule has 4 nitrogen and oxygen atoms in total. The lowest BCUT2D eigenvalue weighted by Crippen LogP contribution is -2.42. The third kappa shape index (κ3) is 1.24. The van der Waals surface area contributed by atoms with Crippen LogP contribution in [-0.4, -0.2) is 21.3 Å². The van der Waals surface area contributed by atoms with E-state index in [4.69, 9.17) is 10.2 Å². The molecular weight excluding hydrogens is 215 g/mol. The maximum atomic E-state index is 13.3. The van der Waals surface area contributed by atoms with Crippen LogP contribution in [-0.2, 0) is 10.2 Å². The zero-order valence-electron chi connectivity index (χ0n) is 8.40. The summed E-state index contributed by atoms with van der Waals surface area (Å²) in [5.74, 6) is -3.67. The van der Waals surface area contributed by atoms with Crippen molar-refractivity contribution in [3.05, 3.63) is 23.5 Å². The molecule has 86 valence electrons. The molecule has 0 heterocycles. The smallest absolute Gasteiger partial charge is 0.314 e. The maximum Gasteiger partial charge on any atom is 0.314 e. The number of hydrogen-bond acceptors (Lipinski definition) is 3. The highest BCUT2D eigenvalue weighted by Gasteiger charge is 2.48. The van der Waals surface area contributed by atoms with Gasteiger partial charge < -0.3 is 15.3 Å². The van der Waals surface area contributed by atoms with Gasteiger partial charge in [-0.3, -0.25) is 4.79 Å². The van der Waals surface area contributed by atoms with Gasteiger partial charge in [0.2, 0.25) is 5.82 Å². The molecule has 0 spiro atoms. The van der Waals surface area contributed by atoms with Gasteiger partial charge in [-0.25, -0.2) is 0 Å². The van der Waals surface area contributed by atoms with Crippen molar-refractivity contribution in [3.63, 3.8) is 0 Å². The summed E-state index contributed by atoms with van der Waals surface area (Å²) in [5, 5.41) is 27.7. The van der Waals surface area contributed by atoms with E-state index in [-0.39, 0.29) is 5.56 Å². The zero-order valence-corrected chi connectivity index (χ0v) is 8.40. The minimum atomic E-state index is -1.20. The maximum absolute atomic E-state index is 13.3. The molecule has 0 saturated heterocycles. The Bertz CT molecular complexity index is 452. The molecule has 1 aromatic carbocycles. The molecule has 0 unspecified atom stereocenters. The first-order valence-electron chi connectivity index (χ1n) is 4.93. The van der Waals surface area contributed by atoms with E-state index >= 15 is 0 Å². The highest BCUT2D eigenvalue weighted by Crippen LogP contribution is 2.48. The van der Waals surface area contributed by atoms with Crippen molar-refractivity contribution < 1.29 is 24.5 Å². The predicted molar refractivity (Wildman–Crippen MR) is 52.9 cm³/mol. The van der Waals surface area contributed by atoms with E-state index in [1.807, 2.05) is 0 Å². The second-order valence-electron chi connectivity index (χ2n) is 4.04. The first kappa shape index (κ1) is 10.7. The van der Waals surface area contributed by atoms with Gasteiger partial charge >= 0.3 is 5.97 Å². The number of benzene rings is 1. The molecule has 0 aromatic heterocycles. The fraction of sp³-hybridized carbons (Fsp3) is 0.364. The van der Waals surface area contributed by atoms with Crippen LogP contribution in [0.3, 0.4) is 0 Å². The van der Waals surface area contributed by atoms with Crippen molar-refractivity contribution in [1.29, 1.82) is 0 Å².